The van der Waals surface area contributed by atoms with Crippen molar-refractivity contribution in [3.05, 3.63) is 24.3 Å². The number of aromatic nitrogens is 2. The van der Waals surface area contributed by atoms with Gasteiger partial charge in [-0.15, -0.1) is 0 Å². The van der Waals surface area contributed by atoms with Gasteiger partial charge >= 0.3 is 0 Å². The second kappa shape index (κ2) is 5.64. The zero-order valence-electron chi connectivity index (χ0n) is 10.8. The molecular formula is C12H17N3O3S. The van der Waals surface area contributed by atoms with E-state index in [1.54, 1.807) is 24.3 Å². The van der Waals surface area contributed by atoms with Gasteiger partial charge in [0.05, 0.1) is 11.5 Å². The Hall–Kier alpha value is -1.50. The van der Waals surface area contributed by atoms with Gasteiger partial charge in [0.1, 0.15) is 6.33 Å². The summed E-state index contributed by atoms with van der Waals surface area (Å²) in [5, 5.41) is 0. The number of hydrogen-bond donors (Lipinski definition) is 0. The summed E-state index contributed by atoms with van der Waals surface area (Å²) < 4.78 is 22.8. The Morgan fingerprint density at radius 1 is 1.42 bits per heavy atom. The van der Waals surface area contributed by atoms with Gasteiger partial charge in [0.2, 0.25) is 5.91 Å². The first-order valence-corrected chi connectivity index (χ1v) is 8.00. The fourth-order valence-corrected chi connectivity index (χ4v) is 3.95. The van der Waals surface area contributed by atoms with E-state index < -0.39 is 9.84 Å². The second-order valence-corrected chi connectivity index (χ2v) is 7.04. The molecule has 1 unspecified atom stereocenters. The fraction of sp³-hybridized carbons (Fsp3) is 0.583. The number of amides is 1. The topological polar surface area (TPSA) is 80.2 Å². The highest BCUT2D eigenvalue weighted by Gasteiger charge is 2.32. The molecule has 0 aromatic carbocycles. The fourth-order valence-electron chi connectivity index (χ4n) is 2.17. The Balaban J connectivity index is 1.87. The quantitative estimate of drug-likeness (QED) is 0.780. The van der Waals surface area contributed by atoms with Crippen molar-refractivity contribution >= 4 is 15.7 Å². The third-order valence-electron chi connectivity index (χ3n) is 3.39. The first-order chi connectivity index (χ1) is 8.98. The van der Waals surface area contributed by atoms with Crippen LogP contribution in [0.3, 0.4) is 0 Å². The van der Waals surface area contributed by atoms with Gasteiger partial charge in [-0.25, -0.2) is 18.4 Å². The van der Waals surface area contributed by atoms with E-state index in [1.807, 2.05) is 0 Å². The Morgan fingerprint density at radius 2 is 2.11 bits per heavy atom. The molecule has 1 aromatic heterocycles. The van der Waals surface area contributed by atoms with E-state index in [2.05, 4.69) is 9.97 Å². The van der Waals surface area contributed by atoms with Gasteiger partial charge in [-0.2, -0.15) is 0 Å². The van der Waals surface area contributed by atoms with Crippen molar-refractivity contribution in [3.8, 4) is 0 Å². The van der Waals surface area contributed by atoms with Crippen molar-refractivity contribution in [1.29, 1.82) is 0 Å². The molecule has 1 aliphatic rings. The highest BCUT2D eigenvalue weighted by molar-refractivity contribution is 7.91. The molecule has 0 saturated carbocycles. The minimum Gasteiger partial charge on any atom is -0.342 e. The van der Waals surface area contributed by atoms with Crippen molar-refractivity contribution in [1.82, 2.24) is 14.9 Å². The largest absolute Gasteiger partial charge is 0.342 e. The average Bonchev–Trinajstić information content (AvgIpc) is 2.76. The maximum atomic E-state index is 12.0. The third kappa shape index (κ3) is 3.73. The molecule has 1 atom stereocenters. The number of hydrogen-bond acceptors (Lipinski definition) is 5. The highest BCUT2D eigenvalue weighted by Crippen LogP contribution is 2.17. The van der Waals surface area contributed by atoms with Crippen molar-refractivity contribution in [2.75, 3.05) is 18.6 Å². The lowest BCUT2D eigenvalue weighted by molar-refractivity contribution is -0.131. The summed E-state index contributed by atoms with van der Waals surface area (Å²) >= 11 is 0. The predicted octanol–water partition coefficient (Wildman–Crippen LogP) is 0.0547. The Morgan fingerprint density at radius 3 is 2.68 bits per heavy atom. The van der Waals surface area contributed by atoms with Crippen LogP contribution in [-0.2, 0) is 21.1 Å². The first kappa shape index (κ1) is 13.9. The summed E-state index contributed by atoms with van der Waals surface area (Å²) in [6, 6.07) is -0.176. The van der Waals surface area contributed by atoms with Crippen LogP contribution < -0.4 is 0 Å². The summed E-state index contributed by atoms with van der Waals surface area (Å²) in [6.07, 6.45) is 6.27. The second-order valence-electron chi connectivity index (χ2n) is 4.81. The lowest BCUT2D eigenvalue weighted by Crippen LogP contribution is -2.37. The van der Waals surface area contributed by atoms with Gasteiger partial charge in [-0.3, -0.25) is 4.79 Å². The van der Waals surface area contributed by atoms with E-state index in [9.17, 15) is 13.2 Å². The van der Waals surface area contributed by atoms with Gasteiger partial charge in [-0.1, -0.05) is 0 Å². The molecule has 1 saturated heterocycles. The summed E-state index contributed by atoms with van der Waals surface area (Å²) in [5.41, 5.74) is 0.906. The highest BCUT2D eigenvalue weighted by atomic mass is 32.2. The van der Waals surface area contributed by atoms with Crippen LogP contribution in [0.2, 0.25) is 0 Å². The molecule has 19 heavy (non-hydrogen) atoms. The molecular weight excluding hydrogens is 266 g/mol. The third-order valence-corrected chi connectivity index (χ3v) is 5.14. The average molecular weight is 283 g/mol. The van der Waals surface area contributed by atoms with Gasteiger partial charge < -0.3 is 4.90 Å². The summed E-state index contributed by atoms with van der Waals surface area (Å²) in [6.45, 7) is 0. The monoisotopic (exact) mass is 283 g/mol. The molecule has 2 heterocycles. The maximum absolute atomic E-state index is 12.0. The van der Waals surface area contributed by atoms with Crippen molar-refractivity contribution < 1.29 is 13.2 Å². The van der Waals surface area contributed by atoms with E-state index in [4.69, 9.17) is 0 Å². The molecule has 0 bridgehead atoms. The van der Waals surface area contributed by atoms with Crippen LogP contribution in [0.4, 0.5) is 0 Å². The van der Waals surface area contributed by atoms with Crippen molar-refractivity contribution in [2.24, 2.45) is 0 Å². The Bertz CT molecular complexity index is 545. The summed E-state index contributed by atoms with van der Waals surface area (Å²) in [4.78, 5) is 21.3. The number of sulfone groups is 1. The first-order valence-electron chi connectivity index (χ1n) is 6.18. The maximum Gasteiger partial charge on any atom is 0.222 e. The SMILES string of the molecule is CN(C(=O)CCc1cncnc1)C1CCS(=O)(=O)C1. The van der Waals surface area contributed by atoms with E-state index in [0.717, 1.165) is 5.56 Å². The molecule has 1 aromatic rings. The number of nitrogens with zero attached hydrogens (tertiary/aromatic N) is 3. The predicted molar refractivity (Wildman–Crippen MR) is 70.2 cm³/mol. The van der Waals surface area contributed by atoms with Crippen LogP contribution in [0.15, 0.2) is 18.7 Å². The van der Waals surface area contributed by atoms with Crippen molar-refractivity contribution in [3.63, 3.8) is 0 Å². The molecule has 0 radical (unpaired) electrons. The van der Waals surface area contributed by atoms with Crippen molar-refractivity contribution in [2.45, 2.75) is 25.3 Å². The number of carbonyl (C=O) groups is 1. The summed E-state index contributed by atoms with van der Waals surface area (Å²) in [5.74, 6) is 0.233. The standard InChI is InChI=1S/C12H17N3O3S/c1-15(11-4-5-19(17,18)8-11)12(16)3-2-10-6-13-9-14-7-10/h6-7,9,11H,2-5,8H2,1H3. The van der Waals surface area contributed by atoms with Crippen LogP contribution in [0.1, 0.15) is 18.4 Å². The molecule has 104 valence electrons. The Kier molecular flexibility index (Phi) is 4.14. The number of aryl methyl sites for hydroxylation is 1. The van der Waals surface area contributed by atoms with Gasteiger partial charge in [0.15, 0.2) is 9.84 Å². The van der Waals surface area contributed by atoms with Crippen LogP contribution in [0, 0.1) is 0 Å². The molecule has 1 amide bonds. The van der Waals surface area contributed by atoms with Crippen LogP contribution in [0.25, 0.3) is 0 Å². The van der Waals surface area contributed by atoms with E-state index in [0.29, 0.717) is 19.3 Å². The molecule has 0 aliphatic carbocycles. The van der Waals surface area contributed by atoms with Gasteiger partial charge in [-0.05, 0) is 18.4 Å². The van der Waals surface area contributed by atoms with Crippen LogP contribution in [-0.4, -0.2) is 53.8 Å². The lowest BCUT2D eigenvalue weighted by atomic mass is 10.1. The molecule has 2 rings (SSSR count). The van der Waals surface area contributed by atoms with E-state index in [1.165, 1.54) is 6.33 Å². The zero-order valence-corrected chi connectivity index (χ0v) is 11.6. The van der Waals surface area contributed by atoms with Gasteiger partial charge in [0, 0.05) is 31.9 Å². The molecule has 1 aliphatic heterocycles. The smallest absolute Gasteiger partial charge is 0.222 e. The summed E-state index contributed by atoms with van der Waals surface area (Å²) in [7, 11) is -1.28. The molecule has 1 fully saturated rings. The molecule has 6 nitrogen and oxygen atoms in total. The minimum absolute atomic E-state index is 0.0362. The number of rotatable bonds is 4. The van der Waals surface area contributed by atoms with Crippen LogP contribution in [0.5, 0.6) is 0 Å². The minimum atomic E-state index is -2.95. The molecule has 7 heteroatoms. The molecule has 0 N–H and O–H groups in total. The lowest BCUT2D eigenvalue weighted by Gasteiger charge is -2.23. The Labute approximate surface area is 112 Å². The van der Waals surface area contributed by atoms with Crippen LogP contribution >= 0.6 is 0 Å². The zero-order chi connectivity index (χ0) is 13.9. The van der Waals surface area contributed by atoms with E-state index >= 15 is 0 Å². The molecule has 0 spiro atoms. The number of carbonyl (C=O) groups excluding carboxylic acids is 1. The van der Waals surface area contributed by atoms with E-state index in [-0.39, 0.29) is 23.5 Å². The van der Waals surface area contributed by atoms with Gasteiger partial charge in [0.25, 0.3) is 0 Å². The normalized spacial score (nSPS) is 21.2.